The van der Waals surface area contributed by atoms with Crippen LogP contribution in [0.3, 0.4) is 0 Å². The molecule has 0 bridgehead atoms. The van der Waals surface area contributed by atoms with Crippen molar-refractivity contribution >= 4 is 33.2 Å². The number of hydrogen-bond acceptors (Lipinski definition) is 5. The van der Waals surface area contributed by atoms with Crippen LogP contribution in [0.25, 0.3) is 0 Å². The Bertz CT molecular complexity index is 538. The van der Waals surface area contributed by atoms with E-state index < -0.39 is 16.1 Å². The molecule has 1 aromatic rings. The van der Waals surface area contributed by atoms with Crippen LogP contribution in [-0.2, 0) is 14.8 Å². The summed E-state index contributed by atoms with van der Waals surface area (Å²) in [6.07, 6.45) is 0.198. The summed E-state index contributed by atoms with van der Waals surface area (Å²) in [7, 11) is -1.02. The number of halogens is 2. The second-order valence-electron chi connectivity index (χ2n) is 3.84. The van der Waals surface area contributed by atoms with Crippen molar-refractivity contribution in [1.82, 2.24) is 9.29 Å². The van der Waals surface area contributed by atoms with Crippen LogP contribution in [0.2, 0.25) is 10.2 Å². The number of aromatic nitrogens is 1. The Hall–Kier alpha value is -0.440. The largest absolute Gasteiger partial charge is 0.389 e. The lowest BCUT2D eigenvalue weighted by atomic mass is 10.4. The lowest BCUT2D eigenvalue weighted by Gasteiger charge is -2.20. The van der Waals surface area contributed by atoms with Gasteiger partial charge in [0.15, 0.2) is 0 Å². The van der Waals surface area contributed by atoms with Crippen molar-refractivity contribution in [3.63, 3.8) is 0 Å². The van der Waals surface area contributed by atoms with Gasteiger partial charge in [0.1, 0.15) is 10.0 Å². The predicted octanol–water partition coefficient (Wildman–Crippen LogP) is 1.02. The number of rotatable bonds is 6. The van der Waals surface area contributed by atoms with Gasteiger partial charge in [-0.15, -0.1) is 0 Å². The summed E-state index contributed by atoms with van der Waals surface area (Å²) in [4.78, 5) is 3.59. The minimum atomic E-state index is -3.78. The molecule has 1 heterocycles. The molecule has 0 aliphatic rings. The quantitative estimate of drug-likeness (QED) is 0.788. The maximum Gasteiger partial charge on any atom is 0.244 e. The Morgan fingerprint density at radius 2 is 2.16 bits per heavy atom. The first-order valence-electron chi connectivity index (χ1n) is 5.23. The van der Waals surface area contributed by atoms with Crippen molar-refractivity contribution in [2.75, 3.05) is 27.3 Å². The molecule has 1 aromatic heterocycles. The van der Waals surface area contributed by atoms with Crippen LogP contribution >= 0.6 is 23.2 Å². The minimum Gasteiger partial charge on any atom is -0.389 e. The van der Waals surface area contributed by atoms with Gasteiger partial charge in [0.25, 0.3) is 0 Å². The number of aliphatic hydroxyl groups excluding tert-OH is 1. The molecular formula is C10H14Cl2N2O4S. The summed E-state index contributed by atoms with van der Waals surface area (Å²) < 4.78 is 30.1. The minimum absolute atomic E-state index is 0.0303. The molecule has 0 saturated heterocycles. The number of nitrogens with zero attached hydrogens (tertiary/aromatic N) is 2. The predicted molar refractivity (Wildman–Crippen MR) is 72.0 cm³/mol. The third kappa shape index (κ3) is 4.27. The van der Waals surface area contributed by atoms with E-state index in [9.17, 15) is 13.5 Å². The van der Waals surface area contributed by atoms with Crippen LogP contribution in [0.5, 0.6) is 0 Å². The third-order valence-electron chi connectivity index (χ3n) is 2.31. The molecule has 0 saturated carbocycles. The maximum atomic E-state index is 12.2. The molecule has 0 radical (unpaired) electrons. The van der Waals surface area contributed by atoms with Gasteiger partial charge in [-0.1, -0.05) is 23.2 Å². The summed E-state index contributed by atoms with van der Waals surface area (Å²) >= 11 is 11.4. The molecule has 6 nitrogen and oxygen atoms in total. The van der Waals surface area contributed by atoms with E-state index in [4.69, 9.17) is 27.9 Å². The van der Waals surface area contributed by atoms with Gasteiger partial charge < -0.3 is 9.84 Å². The number of ether oxygens (including phenoxy) is 1. The van der Waals surface area contributed by atoms with E-state index in [-0.39, 0.29) is 28.2 Å². The highest BCUT2D eigenvalue weighted by molar-refractivity contribution is 7.89. The molecule has 0 amide bonds. The molecule has 1 unspecified atom stereocenters. The van der Waals surface area contributed by atoms with E-state index in [0.717, 1.165) is 10.5 Å². The zero-order chi connectivity index (χ0) is 14.6. The van der Waals surface area contributed by atoms with E-state index >= 15 is 0 Å². The number of sulfonamides is 1. The smallest absolute Gasteiger partial charge is 0.244 e. The maximum absolute atomic E-state index is 12.2. The van der Waals surface area contributed by atoms with Gasteiger partial charge in [0, 0.05) is 26.9 Å². The molecule has 108 valence electrons. The number of hydrogen-bond donors (Lipinski definition) is 1. The van der Waals surface area contributed by atoms with Crippen LogP contribution < -0.4 is 0 Å². The van der Waals surface area contributed by atoms with Crippen LogP contribution in [-0.4, -0.2) is 56.2 Å². The fraction of sp³-hybridized carbons (Fsp3) is 0.500. The standard InChI is InChI=1S/C10H14Cl2N2O4S/c1-14(5-7(15)6-18-2)19(16,17)8-3-9(11)10(12)13-4-8/h3-4,7,15H,5-6H2,1-2H3. The monoisotopic (exact) mass is 328 g/mol. The summed E-state index contributed by atoms with van der Waals surface area (Å²) in [5.74, 6) is 0. The molecule has 0 aromatic carbocycles. The average Bonchev–Trinajstić information content (AvgIpc) is 2.32. The molecule has 1 atom stereocenters. The third-order valence-corrected chi connectivity index (χ3v) is 4.78. The molecule has 0 spiro atoms. The van der Waals surface area contributed by atoms with Gasteiger partial charge in [-0.25, -0.2) is 13.4 Å². The van der Waals surface area contributed by atoms with Crippen LogP contribution in [0.1, 0.15) is 0 Å². The van der Waals surface area contributed by atoms with E-state index in [2.05, 4.69) is 4.98 Å². The summed E-state index contributed by atoms with van der Waals surface area (Å²) in [6.45, 7) is -0.0596. The first-order chi connectivity index (χ1) is 8.78. The van der Waals surface area contributed by atoms with E-state index in [0.29, 0.717) is 0 Å². The van der Waals surface area contributed by atoms with Crippen molar-refractivity contribution in [2.24, 2.45) is 0 Å². The Labute approximate surface area is 122 Å². The Kier molecular flexibility index (Phi) is 5.97. The topological polar surface area (TPSA) is 79.7 Å². The fourth-order valence-electron chi connectivity index (χ4n) is 1.36. The van der Waals surface area contributed by atoms with E-state index in [1.807, 2.05) is 0 Å². The van der Waals surface area contributed by atoms with Crippen molar-refractivity contribution in [3.05, 3.63) is 22.4 Å². The summed E-state index contributed by atoms with van der Waals surface area (Å²) in [6, 6.07) is 1.21. The Balaban J connectivity index is 2.93. The van der Waals surface area contributed by atoms with Crippen LogP contribution in [0.15, 0.2) is 17.2 Å². The molecule has 0 aliphatic heterocycles. The normalized spacial score (nSPS) is 13.8. The Morgan fingerprint density at radius 3 is 2.68 bits per heavy atom. The summed E-state index contributed by atoms with van der Waals surface area (Å²) in [5, 5.41) is 9.61. The SMILES string of the molecule is COCC(O)CN(C)S(=O)(=O)c1cnc(Cl)c(Cl)c1. The lowest BCUT2D eigenvalue weighted by molar-refractivity contribution is 0.0554. The lowest BCUT2D eigenvalue weighted by Crippen LogP contribution is -2.36. The molecule has 9 heteroatoms. The van der Waals surface area contributed by atoms with Gasteiger partial charge in [-0.3, -0.25) is 0 Å². The second-order valence-corrected chi connectivity index (χ2v) is 6.65. The van der Waals surface area contributed by atoms with Crippen molar-refractivity contribution in [3.8, 4) is 0 Å². The number of pyridine rings is 1. The van der Waals surface area contributed by atoms with Crippen LogP contribution in [0, 0.1) is 0 Å². The molecule has 0 aliphatic carbocycles. The highest BCUT2D eigenvalue weighted by Gasteiger charge is 2.24. The second kappa shape index (κ2) is 6.83. The van der Waals surface area contributed by atoms with Gasteiger partial charge >= 0.3 is 0 Å². The molecule has 1 rings (SSSR count). The fourth-order valence-corrected chi connectivity index (χ4v) is 2.88. The van der Waals surface area contributed by atoms with Crippen molar-refractivity contribution in [2.45, 2.75) is 11.0 Å². The van der Waals surface area contributed by atoms with Gasteiger partial charge in [0.2, 0.25) is 10.0 Å². The zero-order valence-corrected chi connectivity index (χ0v) is 12.7. The highest BCUT2D eigenvalue weighted by Crippen LogP contribution is 2.23. The first kappa shape index (κ1) is 16.6. The zero-order valence-electron chi connectivity index (χ0n) is 10.4. The van der Waals surface area contributed by atoms with Crippen molar-refractivity contribution < 1.29 is 18.3 Å². The highest BCUT2D eigenvalue weighted by atomic mass is 35.5. The molecular weight excluding hydrogens is 315 g/mol. The number of likely N-dealkylation sites (N-methyl/N-ethyl adjacent to an activating group) is 1. The van der Waals surface area contributed by atoms with Gasteiger partial charge in [0.05, 0.1) is 17.7 Å². The van der Waals surface area contributed by atoms with E-state index in [1.54, 1.807) is 0 Å². The van der Waals surface area contributed by atoms with Gasteiger partial charge in [-0.2, -0.15) is 4.31 Å². The van der Waals surface area contributed by atoms with E-state index in [1.165, 1.54) is 20.2 Å². The molecule has 19 heavy (non-hydrogen) atoms. The number of aliphatic hydroxyl groups is 1. The first-order valence-corrected chi connectivity index (χ1v) is 7.43. The van der Waals surface area contributed by atoms with Crippen LogP contribution in [0.4, 0.5) is 0 Å². The van der Waals surface area contributed by atoms with Gasteiger partial charge in [-0.05, 0) is 6.07 Å². The average molecular weight is 329 g/mol. The molecule has 1 N–H and O–H groups in total. The Morgan fingerprint density at radius 1 is 1.53 bits per heavy atom. The summed E-state index contributed by atoms with van der Waals surface area (Å²) in [5.41, 5.74) is 0. The van der Waals surface area contributed by atoms with Crippen molar-refractivity contribution in [1.29, 1.82) is 0 Å². The number of methoxy groups -OCH3 is 1. The molecule has 0 fully saturated rings.